The van der Waals surface area contributed by atoms with Crippen molar-refractivity contribution in [2.24, 2.45) is 17.4 Å². The van der Waals surface area contributed by atoms with Crippen LogP contribution in [0.1, 0.15) is 33.6 Å². The van der Waals surface area contributed by atoms with E-state index in [2.05, 4.69) is 0 Å². The van der Waals surface area contributed by atoms with E-state index in [9.17, 15) is 4.79 Å². The summed E-state index contributed by atoms with van der Waals surface area (Å²) in [6, 6.07) is 0. The van der Waals surface area contributed by atoms with Gasteiger partial charge in [-0.15, -0.1) is 0 Å². The molecule has 0 aliphatic heterocycles. The topological polar surface area (TPSA) is 87.6 Å². The smallest absolute Gasteiger partial charge is 0.240 e. The highest BCUT2D eigenvalue weighted by Crippen LogP contribution is 2.38. The van der Waals surface area contributed by atoms with Crippen molar-refractivity contribution in [3.05, 3.63) is 0 Å². The van der Waals surface area contributed by atoms with Crippen molar-refractivity contribution in [2.75, 3.05) is 19.8 Å². The summed E-state index contributed by atoms with van der Waals surface area (Å²) in [6.45, 7) is 7.04. The highest BCUT2D eigenvalue weighted by molar-refractivity contribution is 5.85. The van der Waals surface area contributed by atoms with E-state index in [0.717, 1.165) is 12.8 Å². The fraction of sp³-hybridized carbons (Fsp3) is 0.917. The maximum Gasteiger partial charge on any atom is 0.240 e. The van der Waals surface area contributed by atoms with Crippen LogP contribution >= 0.6 is 0 Å². The zero-order chi connectivity index (χ0) is 13.1. The molecule has 17 heavy (non-hydrogen) atoms. The normalized spacial score (nSPS) is 20.0. The van der Waals surface area contributed by atoms with E-state index < -0.39 is 11.4 Å². The summed E-state index contributed by atoms with van der Waals surface area (Å²) >= 11 is 0. The molecule has 1 fully saturated rings. The summed E-state index contributed by atoms with van der Waals surface area (Å²) < 4.78 is 10.9. The molecule has 0 saturated heterocycles. The second kappa shape index (κ2) is 5.33. The summed E-state index contributed by atoms with van der Waals surface area (Å²) in [5, 5.41) is 0. The van der Waals surface area contributed by atoms with Crippen LogP contribution < -0.4 is 11.5 Å². The van der Waals surface area contributed by atoms with Crippen molar-refractivity contribution in [1.82, 2.24) is 0 Å². The largest absolute Gasteiger partial charge is 0.377 e. The van der Waals surface area contributed by atoms with Crippen LogP contribution in [0.2, 0.25) is 0 Å². The van der Waals surface area contributed by atoms with E-state index in [4.69, 9.17) is 20.9 Å². The first-order valence-electron chi connectivity index (χ1n) is 6.06. The molecule has 1 unspecified atom stereocenters. The Morgan fingerprint density at radius 2 is 1.88 bits per heavy atom. The molecule has 0 aromatic carbocycles. The Morgan fingerprint density at radius 1 is 1.29 bits per heavy atom. The van der Waals surface area contributed by atoms with Gasteiger partial charge in [0.1, 0.15) is 5.54 Å². The number of rotatable bonds is 7. The van der Waals surface area contributed by atoms with E-state index in [0.29, 0.717) is 13.2 Å². The van der Waals surface area contributed by atoms with Gasteiger partial charge in [0, 0.05) is 0 Å². The summed E-state index contributed by atoms with van der Waals surface area (Å²) in [5.41, 5.74) is 10.1. The predicted molar refractivity (Wildman–Crippen MR) is 65.4 cm³/mol. The minimum Gasteiger partial charge on any atom is -0.377 e. The fourth-order valence-corrected chi connectivity index (χ4v) is 1.64. The van der Waals surface area contributed by atoms with Crippen LogP contribution in [0.4, 0.5) is 0 Å². The number of nitrogens with two attached hydrogens (primary N) is 2. The molecule has 1 aliphatic rings. The van der Waals surface area contributed by atoms with Crippen LogP contribution in [0.15, 0.2) is 0 Å². The molecule has 0 radical (unpaired) electrons. The fourth-order valence-electron chi connectivity index (χ4n) is 1.64. The lowest BCUT2D eigenvalue weighted by atomic mass is 9.95. The van der Waals surface area contributed by atoms with Crippen LogP contribution in [-0.2, 0) is 14.3 Å². The van der Waals surface area contributed by atoms with E-state index in [1.165, 1.54) is 0 Å². The van der Waals surface area contributed by atoms with E-state index >= 15 is 0 Å². The van der Waals surface area contributed by atoms with E-state index in [1.807, 2.05) is 20.8 Å². The standard InChI is InChI=1S/C12H24N2O3/c1-11(2,3)17-7-6-16-8-12(14,10(13)15)9-4-5-9/h9H,4-8,14H2,1-3H3,(H2,13,15). The van der Waals surface area contributed by atoms with Crippen LogP contribution in [0.5, 0.6) is 0 Å². The van der Waals surface area contributed by atoms with Crippen molar-refractivity contribution in [3.63, 3.8) is 0 Å². The number of hydrogen-bond donors (Lipinski definition) is 2. The Morgan fingerprint density at radius 3 is 2.29 bits per heavy atom. The quantitative estimate of drug-likeness (QED) is 0.635. The Kier molecular flexibility index (Phi) is 4.52. The number of ether oxygens (including phenoxy) is 2. The molecule has 1 amide bonds. The first-order chi connectivity index (χ1) is 7.76. The van der Waals surface area contributed by atoms with Gasteiger partial charge < -0.3 is 20.9 Å². The first kappa shape index (κ1) is 14.4. The summed E-state index contributed by atoms with van der Waals surface area (Å²) in [4.78, 5) is 11.3. The van der Waals surface area contributed by atoms with Gasteiger partial charge in [-0.25, -0.2) is 0 Å². The summed E-state index contributed by atoms with van der Waals surface area (Å²) in [6.07, 6.45) is 1.92. The van der Waals surface area contributed by atoms with Gasteiger partial charge in [-0.1, -0.05) is 0 Å². The van der Waals surface area contributed by atoms with Gasteiger partial charge in [0.05, 0.1) is 25.4 Å². The second-order valence-electron chi connectivity index (χ2n) is 5.69. The highest BCUT2D eigenvalue weighted by Gasteiger charge is 2.47. The minimum absolute atomic E-state index is 0.177. The molecular formula is C12H24N2O3. The van der Waals surface area contributed by atoms with Crippen molar-refractivity contribution < 1.29 is 14.3 Å². The molecule has 5 heteroatoms. The average Bonchev–Trinajstić information content (AvgIpc) is 2.97. The van der Waals surface area contributed by atoms with Crippen LogP contribution in [0.25, 0.3) is 0 Å². The Bertz CT molecular complexity index is 271. The third-order valence-electron chi connectivity index (χ3n) is 2.87. The zero-order valence-corrected chi connectivity index (χ0v) is 11.0. The van der Waals surface area contributed by atoms with Crippen molar-refractivity contribution in [2.45, 2.75) is 44.8 Å². The number of amides is 1. The summed E-state index contributed by atoms with van der Waals surface area (Å²) in [5.74, 6) is -0.291. The Labute approximate surface area is 103 Å². The van der Waals surface area contributed by atoms with Gasteiger partial charge in [-0.2, -0.15) is 0 Å². The van der Waals surface area contributed by atoms with Crippen molar-refractivity contribution in [1.29, 1.82) is 0 Å². The Hall–Kier alpha value is -0.650. The molecule has 0 bridgehead atoms. The summed E-state index contributed by atoms with van der Waals surface area (Å²) in [7, 11) is 0. The van der Waals surface area contributed by atoms with Crippen molar-refractivity contribution >= 4 is 5.91 Å². The monoisotopic (exact) mass is 244 g/mol. The molecule has 0 aromatic heterocycles. The van der Waals surface area contributed by atoms with E-state index in [-0.39, 0.29) is 18.1 Å². The van der Waals surface area contributed by atoms with Crippen LogP contribution in [0, 0.1) is 5.92 Å². The third-order valence-corrected chi connectivity index (χ3v) is 2.87. The number of hydrogen-bond acceptors (Lipinski definition) is 4. The SMILES string of the molecule is CC(C)(C)OCCOCC(N)(C(N)=O)C1CC1. The van der Waals surface area contributed by atoms with Gasteiger partial charge in [-0.3, -0.25) is 4.79 Å². The lowest BCUT2D eigenvalue weighted by Gasteiger charge is -2.26. The molecule has 0 aromatic rings. The van der Waals surface area contributed by atoms with Gasteiger partial charge in [0.15, 0.2) is 0 Å². The van der Waals surface area contributed by atoms with Gasteiger partial charge in [0.2, 0.25) is 5.91 Å². The molecule has 0 spiro atoms. The number of carbonyl (C=O) groups is 1. The average molecular weight is 244 g/mol. The first-order valence-corrected chi connectivity index (χ1v) is 6.06. The molecular weight excluding hydrogens is 220 g/mol. The third kappa shape index (κ3) is 4.61. The number of primary amides is 1. The molecule has 0 heterocycles. The molecule has 1 aliphatic carbocycles. The maximum atomic E-state index is 11.3. The molecule has 1 rings (SSSR count). The van der Waals surface area contributed by atoms with Gasteiger partial charge in [0.25, 0.3) is 0 Å². The van der Waals surface area contributed by atoms with E-state index in [1.54, 1.807) is 0 Å². The molecule has 1 saturated carbocycles. The predicted octanol–water partition coefficient (Wildman–Crippen LogP) is 0.411. The van der Waals surface area contributed by atoms with Gasteiger partial charge in [-0.05, 0) is 39.5 Å². The lowest BCUT2D eigenvalue weighted by molar-refractivity contribution is -0.127. The number of carbonyl (C=O) groups excluding carboxylic acids is 1. The maximum absolute atomic E-state index is 11.3. The molecule has 1 atom stereocenters. The van der Waals surface area contributed by atoms with Gasteiger partial charge >= 0.3 is 0 Å². The van der Waals surface area contributed by atoms with Crippen LogP contribution in [-0.4, -0.2) is 36.9 Å². The highest BCUT2D eigenvalue weighted by atomic mass is 16.5. The minimum atomic E-state index is -0.998. The van der Waals surface area contributed by atoms with Crippen LogP contribution in [0.3, 0.4) is 0 Å². The molecule has 5 nitrogen and oxygen atoms in total. The molecule has 100 valence electrons. The zero-order valence-electron chi connectivity index (χ0n) is 11.0. The lowest BCUT2D eigenvalue weighted by Crippen LogP contribution is -2.57. The Balaban J connectivity index is 2.22. The van der Waals surface area contributed by atoms with Crippen molar-refractivity contribution in [3.8, 4) is 0 Å². The second-order valence-corrected chi connectivity index (χ2v) is 5.69. The molecule has 4 N–H and O–H groups in total.